The molecule has 0 radical (unpaired) electrons. The minimum atomic E-state index is -3.36. The van der Waals surface area contributed by atoms with Gasteiger partial charge in [0.05, 0.1) is 0 Å². The summed E-state index contributed by atoms with van der Waals surface area (Å²) in [5.41, 5.74) is 0. The van der Waals surface area contributed by atoms with Crippen molar-refractivity contribution in [3.63, 3.8) is 0 Å². The van der Waals surface area contributed by atoms with Crippen molar-refractivity contribution in [1.82, 2.24) is 19.4 Å². The van der Waals surface area contributed by atoms with E-state index in [1.807, 2.05) is 6.07 Å². The van der Waals surface area contributed by atoms with E-state index in [0.29, 0.717) is 5.92 Å². The van der Waals surface area contributed by atoms with E-state index < -0.39 is 10.2 Å². The summed E-state index contributed by atoms with van der Waals surface area (Å²) in [6.45, 7) is 5.70. The van der Waals surface area contributed by atoms with Crippen molar-refractivity contribution in [1.29, 1.82) is 0 Å². The molecule has 0 amide bonds. The highest BCUT2D eigenvalue weighted by Crippen LogP contribution is 2.19. The molecule has 21 heavy (non-hydrogen) atoms. The molecule has 0 bridgehead atoms. The van der Waals surface area contributed by atoms with E-state index in [4.69, 9.17) is 0 Å². The van der Waals surface area contributed by atoms with Crippen molar-refractivity contribution >= 4 is 16.0 Å². The van der Waals surface area contributed by atoms with Gasteiger partial charge in [-0.2, -0.15) is 13.1 Å². The predicted molar refractivity (Wildman–Crippen MR) is 82.5 cm³/mol. The van der Waals surface area contributed by atoms with E-state index >= 15 is 0 Å². The van der Waals surface area contributed by atoms with Crippen LogP contribution in [0.2, 0.25) is 0 Å². The second-order valence-corrected chi connectivity index (χ2v) is 7.17. The molecule has 2 heterocycles. The minimum Gasteiger partial charge on any atom is -0.356 e. The Morgan fingerprint density at radius 2 is 2.00 bits per heavy atom. The summed E-state index contributed by atoms with van der Waals surface area (Å²) in [7, 11) is -1.95. The van der Waals surface area contributed by atoms with Crippen LogP contribution in [-0.2, 0) is 10.2 Å². The normalized spacial score (nSPS) is 17.4. The maximum absolute atomic E-state index is 11.5. The Kier molecular flexibility index (Phi) is 5.13. The number of nitrogens with one attached hydrogen (secondary N) is 2. The fourth-order valence-corrected chi connectivity index (χ4v) is 3.12. The van der Waals surface area contributed by atoms with Crippen LogP contribution in [0.3, 0.4) is 0 Å². The van der Waals surface area contributed by atoms with Gasteiger partial charge in [0.15, 0.2) is 0 Å². The Balaban J connectivity index is 1.96. The van der Waals surface area contributed by atoms with Crippen LogP contribution >= 0.6 is 0 Å². The maximum Gasteiger partial charge on any atom is 0.276 e. The SMILES string of the molecule is CNS(=O)(=O)NC1CCN(c2ccnc(C(C)C)n2)CC1. The van der Waals surface area contributed by atoms with E-state index in [-0.39, 0.29) is 6.04 Å². The number of hydrogen-bond acceptors (Lipinski definition) is 5. The van der Waals surface area contributed by atoms with Crippen LogP contribution in [0.4, 0.5) is 5.82 Å². The van der Waals surface area contributed by atoms with E-state index in [9.17, 15) is 8.42 Å². The van der Waals surface area contributed by atoms with Gasteiger partial charge in [-0.05, 0) is 18.9 Å². The van der Waals surface area contributed by atoms with Gasteiger partial charge in [0.1, 0.15) is 11.6 Å². The standard InChI is InChI=1S/C13H23N5O2S/c1-10(2)13-15-7-4-12(16-13)18-8-5-11(6-9-18)17-21(19,20)14-3/h4,7,10-11,14,17H,5-6,8-9H2,1-3H3. The third-order valence-corrected chi connectivity index (χ3v) is 4.77. The average molecular weight is 313 g/mol. The highest BCUT2D eigenvalue weighted by Gasteiger charge is 2.23. The topological polar surface area (TPSA) is 87.2 Å². The Bertz CT molecular complexity index is 568. The van der Waals surface area contributed by atoms with Crippen LogP contribution in [0.15, 0.2) is 12.3 Å². The molecule has 8 heteroatoms. The molecular weight excluding hydrogens is 290 g/mol. The quantitative estimate of drug-likeness (QED) is 0.832. The number of hydrogen-bond donors (Lipinski definition) is 2. The molecule has 1 saturated heterocycles. The number of anilines is 1. The fraction of sp³-hybridized carbons (Fsp3) is 0.692. The van der Waals surface area contributed by atoms with Crippen LogP contribution in [0.25, 0.3) is 0 Å². The zero-order valence-corrected chi connectivity index (χ0v) is 13.5. The molecule has 0 aliphatic carbocycles. The van der Waals surface area contributed by atoms with Gasteiger partial charge >= 0.3 is 0 Å². The van der Waals surface area contributed by atoms with E-state index in [0.717, 1.165) is 37.6 Å². The van der Waals surface area contributed by atoms with Gasteiger partial charge < -0.3 is 4.90 Å². The van der Waals surface area contributed by atoms with Crippen molar-refractivity contribution in [2.45, 2.75) is 38.6 Å². The molecule has 2 N–H and O–H groups in total. The molecule has 1 aromatic heterocycles. The van der Waals surface area contributed by atoms with Crippen molar-refractivity contribution in [3.05, 3.63) is 18.1 Å². The van der Waals surface area contributed by atoms with Gasteiger partial charge in [-0.3, -0.25) is 0 Å². The van der Waals surface area contributed by atoms with Crippen LogP contribution in [-0.4, -0.2) is 44.6 Å². The summed E-state index contributed by atoms with van der Waals surface area (Å²) in [5.74, 6) is 2.05. The number of piperidine rings is 1. The molecule has 0 saturated carbocycles. The van der Waals surface area contributed by atoms with Crippen molar-refractivity contribution in [2.75, 3.05) is 25.0 Å². The highest BCUT2D eigenvalue weighted by molar-refractivity contribution is 7.87. The number of rotatable bonds is 5. The summed E-state index contributed by atoms with van der Waals surface area (Å²) in [6, 6.07) is 1.88. The lowest BCUT2D eigenvalue weighted by Gasteiger charge is -2.33. The molecule has 0 unspecified atom stereocenters. The summed E-state index contributed by atoms with van der Waals surface area (Å²) in [5, 5.41) is 0. The Morgan fingerprint density at radius 3 is 2.57 bits per heavy atom. The number of aromatic nitrogens is 2. The van der Waals surface area contributed by atoms with Crippen LogP contribution in [0.5, 0.6) is 0 Å². The van der Waals surface area contributed by atoms with Crippen molar-refractivity contribution in [2.24, 2.45) is 0 Å². The van der Waals surface area contributed by atoms with E-state index in [1.165, 1.54) is 7.05 Å². The Hall–Kier alpha value is -1.25. The Morgan fingerprint density at radius 1 is 1.33 bits per heavy atom. The molecule has 118 valence electrons. The smallest absolute Gasteiger partial charge is 0.276 e. The van der Waals surface area contributed by atoms with Gasteiger partial charge in [-0.15, -0.1) is 0 Å². The van der Waals surface area contributed by atoms with Crippen LogP contribution in [0, 0.1) is 0 Å². The van der Waals surface area contributed by atoms with Gasteiger partial charge in [-0.25, -0.2) is 14.7 Å². The zero-order valence-electron chi connectivity index (χ0n) is 12.7. The monoisotopic (exact) mass is 313 g/mol. The third kappa shape index (κ3) is 4.36. The van der Waals surface area contributed by atoms with E-state index in [2.05, 4.69) is 38.2 Å². The number of nitrogens with zero attached hydrogens (tertiary/aromatic N) is 3. The summed E-state index contributed by atoms with van der Waals surface area (Å²) >= 11 is 0. The zero-order chi connectivity index (χ0) is 15.5. The first-order chi connectivity index (χ1) is 9.91. The lowest BCUT2D eigenvalue weighted by molar-refractivity contribution is 0.455. The van der Waals surface area contributed by atoms with E-state index in [1.54, 1.807) is 6.20 Å². The lowest BCUT2D eigenvalue weighted by Crippen LogP contribution is -2.47. The van der Waals surface area contributed by atoms with Gasteiger partial charge in [0.25, 0.3) is 10.2 Å². The van der Waals surface area contributed by atoms with Crippen molar-refractivity contribution in [3.8, 4) is 0 Å². The first-order valence-electron chi connectivity index (χ1n) is 7.20. The molecule has 1 fully saturated rings. The van der Waals surface area contributed by atoms with Crippen LogP contribution < -0.4 is 14.3 Å². The molecular formula is C13H23N5O2S. The second-order valence-electron chi connectivity index (χ2n) is 5.51. The maximum atomic E-state index is 11.5. The summed E-state index contributed by atoms with van der Waals surface area (Å²) in [4.78, 5) is 11.0. The first kappa shape index (κ1) is 16.1. The molecule has 0 spiro atoms. The van der Waals surface area contributed by atoms with Gasteiger partial charge in [-0.1, -0.05) is 13.8 Å². The largest absolute Gasteiger partial charge is 0.356 e. The molecule has 1 aromatic rings. The molecule has 1 aliphatic heterocycles. The molecule has 0 aromatic carbocycles. The van der Waals surface area contributed by atoms with Crippen LogP contribution in [0.1, 0.15) is 38.4 Å². The summed E-state index contributed by atoms with van der Waals surface area (Å²) in [6.07, 6.45) is 3.32. The van der Waals surface area contributed by atoms with Crippen molar-refractivity contribution < 1.29 is 8.42 Å². The predicted octanol–water partition coefficient (Wildman–Crippen LogP) is 0.623. The molecule has 0 atom stereocenters. The third-order valence-electron chi connectivity index (χ3n) is 3.59. The van der Waals surface area contributed by atoms with Gasteiger partial charge in [0, 0.05) is 38.3 Å². The first-order valence-corrected chi connectivity index (χ1v) is 8.68. The summed E-state index contributed by atoms with van der Waals surface area (Å²) < 4.78 is 27.9. The molecule has 7 nitrogen and oxygen atoms in total. The minimum absolute atomic E-state index is 0.0230. The highest BCUT2D eigenvalue weighted by atomic mass is 32.2. The lowest BCUT2D eigenvalue weighted by atomic mass is 10.1. The average Bonchev–Trinajstić information content (AvgIpc) is 2.48. The fourth-order valence-electron chi connectivity index (χ4n) is 2.32. The van der Waals surface area contributed by atoms with Gasteiger partial charge in [0.2, 0.25) is 0 Å². The molecule has 2 rings (SSSR count). The second kappa shape index (κ2) is 6.67. The molecule has 1 aliphatic rings. The Labute approximate surface area is 126 Å².